The van der Waals surface area contributed by atoms with Gasteiger partial charge >= 0.3 is 0 Å². The highest BCUT2D eigenvalue weighted by atomic mass is 32.2. The fraction of sp³-hybridized carbons (Fsp3) is 0.800. The molecule has 76 valence electrons. The summed E-state index contributed by atoms with van der Waals surface area (Å²) >= 11 is 1.75. The highest BCUT2D eigenvalue weighted by molar-refractivity contribution is 7.99. The second-order valence-electron chi connectivity index (χ2n) is 3.76. The molecule has 0 aromatic rings. The normalized spacial score (nSPS) is 11.2. The second-order valence-corrected chi connectivity index (χ2v) is 4.86. The summed E-state index contributed by atoms with van der Waals surface area (Å²) in [7, 11) is 0. The molecule has 0 radical (unpaired) electrons. The van der Waals surface area contributed by atoms with Crippen molar-refractivity contribution in [1.29, 1.82) is 0 Å². The Morgan fingerprint density at radius 1 is 1.54 bits per heavy atom. The zero-order valence-electron chi connectivity index (χ0n) is 8.47. The van der Waals surface area contributed by atoms with Crippen molar-refractivity contribution in [3.05, 3.63) is 0 Å². The third-order valence-corrected chi connectivity index (χ3v) is 2.50. The number of hydrogen-bond donors (Lipinski definition) is 2. The molecule has 0 spiro atoms. The van der Waals surface area contributed by atoms with Gasteiger partial charge in [-0.2, -0.15) is 0 Å². The average molecular weight is 201 g/mol. The minimum Gasteiger partial charge on any atom is -0.396 e. The van der Waals surface area contributed by atoms with Gasteiger partial charge < -0.3 is 10.4 Å². The molecule has 2 nitrogen and oxygen atoms in total. The quantitative estimate of drug-likeness (QED) is 0.475. The molecule has 0 saturated heterocycles. The van der Waals surface area contributed by atoms with E-state index in [2.05, 4.69) is 11.2 Å². The Morgan fingerprint density at radius 2 is 2.23 bits per heavy atom. The molecular formula is C10H19NOS. The standard InChI is InChI=1S/C10H19NOS/c1-4-6-13-7-5-11-8-10(2,3)9-12/h1,11-12H,5-9H2,2-3H3. The van der Waals surface area contributed by atoms with E-state index in [1.54, 1.807) is 11.8 Å². The molecule has 0 aliphatic heterocycles. The van der Waals surface area contributed by atoms with Gasteiger partial charge in [0.1, 0.15) is 0 Å². The molecule has 0 aliphatic rings. The molecule has 2 N–H and O–H groups in total. The fourth-order valence-corrected chi connectivity index (χ4v) is 1.31. The third-order valence-electron chi connectivity index (χ3n) is 1.64. The minimum absolute atomic E-state index is 0.0171. The van der Waals surface area contributed by atoms with Gasteiger partial charge in [-0.1, -0.05) is 19.8 Å². The van der Waals surface area contributed by atoms with Crippen LogP contribution in [-0.2, 0) is 0 Å². The first-order chi connectivity index (χ1) is 6.12. The smallest absolute Gasteiger partial charge is 0.0545 e. The summed E-state index contributed by atoms with van der Waals surface area (Å²) in [5.74, 6) is 4.40. The van der Waals surface area contributed by atoms with E-state index in [1.165, 1.54) is 0 Å². The van der Waals surface area contributed by atoms with Gasteiger partial charge in [-0.3, -0.25) is 0 Å². The van der Waals surface area contributed by atoms with Gasteiger partial charge in [-0.15, -0.1) is 18.2 Å². The van der Waals surface area contributed by atoms with Gasteiger partial charge in [-0.05, 0) is 0 Å². The number of terminal acetylenes is 1. The Bertz CT molecular complexity index is 163. The number of hydrogen-bond acceptors (Lipinski definition) is 3. The third kappa shape index (κ3) is 8.17. The molecule has 0 amide bonds. The van der Waals surface area contributed by atoms with E-state index >= 15 is 0 Å². The van der Waals surface area contributed by atoms with E-state index in [1.807, 2.05) is 13.8 Å². The largest absolute Gasteiger partial charge is 0.396 e. The predicted octanol–water partition coefficient (Wildman–Crippen LogP) is 0.961. The molecule has 3 heteroatoms. The van der Waals surface area contributed by atoms with Crippen LogP contribution in [0.2, 0.25) is 0 Å². The second kappa shape index (κ2) is 7.25. The van der Waals surface area contributed by atoms with Crippen LogP contribution in [0.3, 0.4) is 0 Å². The van der Waals surface area contributed by atoms with Crippen LogP contribution in [-0.4, -0.2) is 36.3 Å². The van der Waals surface area contributed by atoms with Crippen LogP contribution in [0.4, 0.5) is 0 Å². The van der Waals surface area contributed by atoms with Crippen LogP contribution in [0, 0.1) is 17.8 Å². The molecule has 13 heavy (non-hydrogen) atoms. The van der Waals surface area contributed by atoms with Gasteiger partial charge in [0.15, 0.2) is 0 Å². The van der Waals surface area contributed by atoms with Crippen molar-refractivity contribution in [3.63, 3.8) is 0 Å². The Balaban J connectivity index is 3.22. The Hall–Kier alpha value is -0.170. The lowest BCUT2D eigenvalue weighted by atomic mass is 9.95. The van der Waals surface area contributed by atoms with Gasteiger partial charge in [0.2, 0.25) is 0 Å². The first-order valence-electron chi connectivity index (χ1n) is 4.45. The minimum atomic E-state index is -0.0171. The van der Waals surface area contributed by atoms with Crippen LogP contribution in [0.15, 0.2) is 0 Å². The first-order valence-corrected chi connectivity index (χ1v) is 5.60. The maximum absolute atomic E-state index is 8.96. The van der Waals surface area contributed by atoms with Crippen LogP contribution in [0.5, 0.6) is 0 Å². The average Bonchev–Trinajstić information content (AvgIpc) is 2.11. The van der Waals surface area contributed by atoms with Crippen LogP contribution in [0.1, 0.15) is 13.8 Å². The predicted molar refractivity (Wildman–Crippen MR) is 59.9 cm³/mol. The fourth-order valence-electron chi connectivity index (χ4n) is 0.758. The van der Waals surface area contributed by atoms with Gasteiger partial charge in [0.05, 0.1) is 5.75 Å². The van der Waals surface area contributed by atoms with E-state index in [-0.39, 0.29) is 12.0 Å². The number of thioether (sulfide) groups is 1. The van der Waals surface area contributed by atoms with Gasteiger partial charge in [-0.25, -0.2) is 0 Å². The van der Waals surface area contributed by atoms with Crippen molar-refractivity contribution in [1.82, 2.24) is 5.32 Å². The van der Waals surface area contributed by atoms with Crippen molar-refractivity contribution < 1.29 is 5.11 Å². The molecule has 0 unspecified atom stereocenters. The molecule has 0 fully saturated rings. The van der Waals surface area contributed by atoms with Crippen LogP contribution in [0.25, 0.3) is 0 Å². The van der Waals surface area contributed by atoms with E-state index in [0.717, 1.165) is 24.6 Å². The topological polar surface area (TPSA) is 32.3 Å². The molecule has 0 aromatic carbocycles. The zero-order valence-corrected chi connectivity index (χ0v) is 9.28. The maximum Gasteiger partial charge on any atom is 0.0545 e. The highest BCUT2D eigenvalue weighted by Gasteiger charge is 2.14. The highest BCUT2D eigenvalue weighted by Crippen LogP contribution is 2.10. The van der Waals surface area contributed by atoms with E-state index < -0.39 is 0 Å². The van der Waals surface area contributed by atoms with Crippen LogP contribution < -0.4 is 5.32 Å². The summed E-state index contributed by atoms with van der Waals surface area (Å²) in [6.07, 6.45) is 5.11. The molecule has 0 heterocycles. The lowest BCUT2D eigenvalue weighted by Gasteiger charge is -2.21. The lowest BCUT2D eigenvalue weighted by molar-refractivity contribution is 0.158. The van der Waals surface area contributed by atoms with Gasteiger partial charge in [0.25, 0.3) is 0 Å². The molecule has 0 aliphatic carbocycles. The Kier molecular flexibility index (Phi) is 7.16. The SMILES string of the molecule is C#CCSCCNCC(C)(C)CO. The lowest BCUT2D eigenvalue weighted by Crippen LogP contribution is -2.33. The van der Waals surface area contributed by atoms with Crippen molar-refractivity contribution in [2.24, 2.45) is 5.41 Å². The number of nitrogens with one attached hydrogen (secondary N) is 1. The summed E-state index contributed by atoms with van der Waals surface area (Å²) in [5, 5.41) is 12.2. The van der Waals surface area contributed by atoms with E-state index in [9.17, 15) is 0 Å². The molecular weight excluding hydrogens is 182 g/mol. The summed E-state index contributed by atoms with van der Waals surface area (Å²) < 4.78 is 0. The summed E-state index contributed by atoms with van der Waals surface area (Å²) in [6, 6.07) is 0. The molecule has 0 saturated carbocycles. The number of aliphatic hydroxyl groups excluding tert-OH is 1. The van der Waals surface area contributed by atoms with Crippen molar-refractivity contribution in [2.75, 3.05) is 31.2 Å². The zero-order chi connectivity index (χ0) is 10.2. The summed E-state index contributed by atoms with van der Waals surface area (Å²) in [4.78, 5) is 0. The molecule has 0 aromatic heterocycles. The Morgan fingerprint density at radius 3 is 2.77 bits per heavy atom. The maximum atomic E-state index is 8.96. The summed E-state index contributed by atoms with van der Waals surface area (Å²) in [5.41, 5.74) is -0.0171. The molecule has 0 rings (SSSR count). The first kappa shape index (κ1) is 12.8. The van der Waals surface area contributed by atoms with Crippen molar-refractivity contribution in [2.45, 2.75) is 13.8 Å². The van der Waals surface area contributed by atoms with E-state index in [4.69, 9.17) is 11.5 Å². The van der Waals surface area contributed by atoms with Gasteiger partial charge in [0, 0.05) is 30.9 Å². The Labute approximate surface area is 85.5 Å². The number of aliphatic hydroxyl groups is 1. The van der Waals surface area contributed by atoms with E-state index in [0.29, 0.717) is 0 Å². The molecule has 0 atom stereocenters. The van der Waals surface area contributed by atoms with Crippen LogP contribution >= 0.6 is 11.8 Å². The monoisotopic (exact) mass is 201 g/mol. The number of rotatable bonds is 7. The molecule has 0 bridgehead atoms. The van der Waals surface area contributed by atoms with Crippen molar-refractivity contribution >= 4 is 11.8 Å². The van der Waals surface area contributed by atoms with Crippen molar-refractivity contribution in [3.8, 4) is 12.3 Å². The summed E-state index contributed by atoms with van der Waals surface area (Å²) in [6.45, 7) is 6.09.